The molecule has 0 aliphatic carbocycles. The molecule has 0 saturated carbocycles. The van der Waals surface area contributed by atoms with Crippen molar-refractivity contribution in [2.75, 3.05) is 0 Å². The highest BCUT2D eigenvalue weighted by atomic mass is 19.1. The molecular weight excluding hydrogens is 308 g/mol. The largest absolute Gasteiger partial charge is 0.419 e. The Balaban J connectivity index is 2.14. The molecule has 0 atom stereocenters. The van der Waals surface area contributed by atoms with Gasteiger partial charge in [-0.15, -0.1) is 0 Å². The summed E-state index contributed by atoms with van der Waals surface area (Å²) in [7, 11) is 1.65. The van der Waals surface area contributed by atoms with Crippen LogP contribution >= 0.6 is 0 Å². The van der Waals surface area contributed by atoms with E-state index in [1.54, 1.807) is 17.8 Å². The molecule has 7 heteroatoms. The van der Waals surface area contributed by atoms with E-state index in [1.165, 1.54) is 19.9 Å². The second kappa shape index (κ2) is 4.91. The molecule has 1 aliphatic rings. The number of nitrogens with zero attached hydrogens (tertiary/aromatic N) is 1. The van der Waals surface area contributed by atoms with E-state index in [2.05, 4.69) is 0 Å². The van der Waals surface area contributed by atoms with Gasteiger partial charge in [-0.25, -0.2) is 18.4 Å². The maximum atomic E-state index is 14.5. The first kappa shape index (κ1) is 15.2. The van der Waals surface area contributed by atoms with Crippen LogP contribution in [0.15, 0.2) is 23.9 Å². The van der Waals surface area contributed by atoms with Crippen molar-refractivity contribution in [1.29, 1.82) is 0 Å². The number of ether oxygens (including phenoxy) is 2. The van der Waals surface area contributed by atoms with E-state index in [9.17, 15) is 18.4 Å². The number of rotatable bonds is 1. The van der Waals surface area contributed by atoms with Crippen LogP contribution in [0.1, 0.15) is 19.4 Å². The van der Waals surface area contributed by atoms with Gasteiger partial charge in [0.15, 0.2) is 0 Å². The standard InChI is InChI=1S/C16H13F2NO4/c1-16(2)22-14(20)10(15(21)23-16)6-9-11(17)7-12-8(13(9)18)4-5-19(12)3/h4-7H,1-3H3. The normalized spacial score (nSPS) is 17.2. The lowest BCUT2D eigenvalue weighted by Gasteiger charge is -2.29. The number of cyclic esters (lactones) is 2. The fourth-order valence-electron chi connectivity index (χ4n) is 2.41. The Labute approximate surface area is 130 Å². The average molecular weight is 321 g/mol. The minimum atomic E-state index is -1.41. The predicted octanol–water partition coefficient (Wildman–Crippen LogP) is 2.68. The van der Waals surface area contributed by atoms with Crippen molar-refractivity contribution in [3.8, 4) is 0 Å². The first-order valence-electron chi connectivity index (χ1n) is 6.81. The van der Waals surface area contributed by atoms with Crippen molar-refractivity contribution in [2.24, 2.45) is 7.05 Å². The number of aromatic nitrogens is 1. The molecule has 2 heterocycles. The summed E-state index contributed by atoms with van der Waals surface area (Å²) in [5.41, 5.74) is -0.693. The van der Waals surface area contributed by atoms with Crippen LogP contribution in [0, 0.1) is 11.6 Å². The van der Waals surface area contributed by atoms with Gasteiger partial charge in [0.25, 0.3) is 5.79 Å². The van der Waals surface area contributed by atoms with Crippen molar-refractivity contribution in [3.05, 3.63) is 41.1 Å². The lowest BCUT2D eigenvalue weighted by Crippen LogP contribution is -2.41. The van der Waals surface area contributed by atoms with Crippen molar-refractivity contribution in [1.82, 2.24) is 4.57 Å². The number of hydrogen-bond donors (Lipinski definition) is 0. The van der Waals surface area contributed by atoms with Gasteiger partial charge in [0.1, 0.15) is 17.2 Å². The van der Waals surface area contributed by atoms with Crippen LogP contribution in [0.25, 0.3) is 17.0 Å². The molecule has 0 N–H and O–H groups in total. The molecule has 1 fully saturated rings. The Bertz CT molecular complexity index is 858. The molecule has 120 valence electrons. The zero-order valence-corrected chi connectivity index (χ0v) is 12.6. The first-order chi connectivity index (χ1) is 10.7. The Morgan fingerprint density at radius 2 is 1.78 bits per heavy atom. The third-order valence-corrected chi connectivity index (χ3v) is 3.52. The van der Waals surface area contributed by atoms with E-state index in [4.69, 9.17) is 9.47 Å². The van der Waals surface area contributed by atoms with E-state index in [1.807, 2.05) is 0 Å². The smallest absolute Gasteiger partial charge is 0.348 e. The molecule has 0 unspecified atom stereocenters. The fourth-order valence-corrected chi connectivity index (χ4v) is 2.41. The number of halogens is 2. The fraction of sp³-hybridized carbons (Fsp3) is 0.250. The molecular formula is C16H13F2NO4. The summed E-state index contributed by atoms with van der Waals surface area (Å²) in [6, 6.07) is 2.61. The Morgan fingerprint density at radius 1 is 1.17 bits per heavy atom. The maximum absolute atomic E-state index is 14.5. The molecule has 0 amide bonds. The Kier molecular flexibility index (Phi) is 3.24. The highest BCUT2D eigenvalue weighted by Crippen LogP contribution is 2.29. The third kappa shape index (κ3) is 2.48. The van der Waals surface area contributed by atoms with E-state index in [0.29, 0.717) is 5.52 Å². The summed E-state index contributed by atoms with van der Waals surface area (Å²) < 4.78 is 40.1. The number of carbonyl (C=O) groups excluding carboxylic acids is 2. The predicted molar refractivity (Wildman–Crippen MR) is 77.1 cm³/mol. The van der Waals surface area contributed by atoms with E-state index < -0.39 is 40.5 Å². The molecule has 5 nitrogen and oxygen atoms in total. The highest BCUT2D eigenvalue weighted by Gasteiger charge is 2.39. The highest BCUT2D eigenvalue weighted by molar-refractivity contribution is 6.19. The lowest BCUT2D eigenvalue weighted by molar-refractivity contribution is -0.222. The maximum Gasteiger partial charge on any atom is 0.348 e. The molecule has 0 spiro atoms. The van der Waals surface area contributed by atoms with Crippen molar-refractivity contribution < 1.29 is 27.8 Å². The second-order valence-corrected chi connectivity index (χ2v) is 5.68. The van der Waals surface area contributed by atoms with Crippen molar-refractivity contribution >= 4 is 28.9 Å². The molecule has 1 aromatic carbocycles. The zero-order chi connectivity index (χ0) is 16.9. The van der Waals surface area contributed by atoms with Crippen LogP contribution in [0.4, 0.5) is 8.78 Å². The van der Waals surface area contributed by atoms with Crippen LogP contribution < -0.4 is 0 Å². The zero-order valence-electron chi connectivity index (χ0n) is 12.6. The number of benzene rings is 1. The number of aryl methyl sites for hydroxylation is 1. The van der Waals surface area contributed by atoms with Crippen molar-refractivity contribution in [2.45, 2.75) is 19.6 Å². The molecule has 2 aromatic rings. The number of esters is 2. The van der Waals surface area contributed by atoms with Gasteiger partial charge in [0.2, 0.25) is 0 Å². The SMILES string of the molecule is Cn1ccc2c(F)c(C=C3C(=O)OC(C)(C)OC3=O)c(F)cc21. The quantitative estimate of drug-likeness (QED) is 0.460. The second-order valence-electron chi connectivity index (χ2n) is 5.68. The summed E-state index contributed by atoms with van der Waals surface area (Å²) >= 11 is 0. The number of carbonyl (C=O) groups is 2. The number of fused-ring (bicyclic) bond motifs is 1. The van der Waals surface area contributed by atoms with Crippen LogP contribution in [0.2, 0.25) is 0 Å². The van der Waals surface area contributed by atoms with Gasteiger partial charge in [-0.3, -0.25) is 0 Å². The summed E-state index contributed by atoms with van der Waals surface area (Å²) in [4.78, 5) is 23.7. The third-order valence-electron chi connectivity index (χ3n) is 3.52. The van der Waals surface area contributed by atoms with E-state index in [0.717, 1.165) is 12.1 Å². The summed E-state index contributed by atoms with van der Waals surface area (Å²) in [5.74, 6) is -5.14. The van der Waals surface area contributed by atoms with Crippen LogP contribution in [0.3, 0.4) is 0 Å². The number of hydrogen-bond acceptors (Lipinski definition) is 4. The van der Waals surface area contributed by atoms with Crippen molar-refractivity contribution in [3.63, 3.8) is 0 Å². The van der Waals surface area contributed by atoms with E-state index in [-0.39, 0.29) is 5.39 Å². The van der Waals surface area contributed by atoms with Gasteiger partial charge in [0, 0.05) is 38.0 Å². The summed E-state index contributed by atoms with van der Waals surface area (Å²) in [6.45, 7) is 2.77. The van der Waals surface area contributed by atoms with E-state index >= 15 is 0 Å². The minimum absolute atomic E-state index is 0.179. The van der Waals surface area contributed by atoms with Gasteiger partial charge >= 0.3 is 11.9 Å². The minimum Gasteiger partial charge on any atom is -0.419 e. The van der Waals surface area contributed by atoms with Gasteiger partial charge in [-0.2, -0.15) is 0 Å². The molecule has 23 heavy (non-hydrogen) atoms. The molecule has 3 rings (SSSR count). The van der Waals surface area contributed by atoms with Gasteiger partial charge < -0.3 is 14.0 Å². The first-order valence-corrected chi connectivity index (χ1v) is 6.81. The van der Waals surface area contributed by atoms with Gasteiger partial charge in [-0.1, -0.05) is 0 Å². The lowest BCUT2D eigenvalue weighted by atomic mass is 10.1. The molecule has 0 radical (unpaired) electrons. The molecule has 1 saturated heterocycles. The average Bonchev–Trinajstić information content (AvgIpc) is 2.77. The monoisotopic (exact) mass is 321 g/mol. The van der Waals surface area contributed by atoms with Gasteiger partial charge in [0.05, 0.1) is 5.52 Å². The van der Waals surface area contributed by atoms with Crippen LogP contribution in [0.5, 0.6) is 0 Å². The Hall–Kier alpha value is -2.70. The molecule has 1 aliphatic heterocycles. The van der Waals surface area contributed by atoms with Gasteiger partial charge in [-0.05, 0) is 18.2 Å². The summed E-state index contributed by atoms with van der Waals surface area (Å²) in [5, 5.41) is 0.179. The molecule has 0 bridgehead atoms. The molecule has 1 aromatic heterocycles. The Morgan fingerprint density at radius 3 is 2.39 bits per heavy atom. The summed E-state index contributed by atoms with van der Waals surface area (Å²) in [6.07, 6.45) is 2.40. The topological polar surface area (TPSA) is 57.5 Å². The van der Waals surface area contributed by atoms with Crippen LogP contribution in [-0.2, 0) is 26.1 Å². The van der Waals surface area contributed by atoms with Crippen LogP contribution in [-0.4, -0.2) is 22.3 Å².